The highest BCUT2D eigenvalue weighted by Gasteiger charge is 2.33. The van der Waals surface area contributed by atoms with Crippen LogP contribution in [0.25, 0.3) is 0 Å². The van der Waals surface area contributed by atoms with Crippen LogP contribution in [-0.2, 0) is 4.79 Å². The third-order valence-corrected chi connectivity index (χ3v) is 2.76. The summed E-state index contributed by atoms with van der Waals surface area (Å²) in [7, 11) is 0. The van der Waals surface area contributed by atoms with Crippen molar-refractivity contribution in [3.8, 4) is 0 Å². The number of aliphatic hydroxyl groups excluding tert-OH is 1. The minimum atomic E-state index is -1.58. The number of alkyl halides is 4. The molecule has 1 unspecified atom stereocenters. The minimum Gasteiger partial charge on any atom is -0.370 e. The van der Waals surface area contributed by atoms with E-state index < -0.39 is 16.5 Å². The van der Waals surface area contributed by atoms with Crippen molar-refractivity contribution in [2.45, 2.75) is 17.0 Å². The number of hydrogen-bond donors (Lipinski definition) is 2. The molecule has 0 saturated heterocycles. The molecule has 0 spiro atoms. The van der Waals surface area contributed by atoms with Crippen LogP contribution in [-0.4, -0.2) is 33.3 Å². The number of halogens is 4. The van der Waals surface area contributed by atoms with Crippen molar-refractivity contribution in [2.24, 2.45) is 0 Å². The van der Waals surface area contributed by atoms with E-state index in [-0.39, 0.29) is 18.2 Å². The number of carbonyl (C=O) groups excluding carboxylic acids is 1. The second kappa shape index (κ2) is 6.14. The van der Waals surface area contributed by atoms with Crippen molar-refractivity contribution >= 4 is 52.3 Å². The van der Waals surface area contributed by atoms with Crippen LogP contribution in [0.5, 0.6) is 0 Å². The predicted octanol–water partition coefficient (Wildman–Crippen LogP) is 1.46. The van der Waals surface area contributed by atoms with Gasteiger partial charge < -0.3 is 10.4 Å². The summed E-state index contributed by atoms with van der Waals surface area (Å²) in [4.78, 5) is 10.9. The van der Waals surface area contributed by atoms with Gasteiger partial charge in [0.25, 0.3) is 0 Å². The van der Waals surface area contributed by atoms with Crippen molar-refractivity contribution in [1.29, 1.82) is 0 Å². The van der Waals surface area contributed by atoms with Gasteiger partial charge in [-0.2, -0.15) is 0 Å². The van der Waals surface area contributed by atoms with Crippen LogP contribution in [0, 0.1) is 0 Å². The molecule has 13 heavy (non-hydrogen) atoms. The van der Waals surface area contributed by atoms with E-state index in [2.05, 4.69) is 5.32 Å². The predicted molar refractivity (Wildman–Crippen MR) is 54.6 cm³/mol. The second-order valence-electron chi connectivity index (χ2n) is 2.30. The molecule has 7 heteroatoms. The quantitative estimate of drug-likeness (QED) is 0.586. The second-order valence-corrected chi connectivity index (χ2v) is 4.49. The molecule has 1 amide bonds. The smallest absolute Gasteiger partial charge is 0.223 e. The highest BCUT2D eigenvalue weighted by Crippen LogP contribution is 2.25. The van der Waals surface area contributed by atoms with Gasteiger partial charge in [-0.1, -0.05) is 23.2 Å². The van der Waals surface area contributed by atoms with Crippen molar-refractivity contribution in [2.75, 3.05) is 11.8 Å². The lowest BCUT2D eigenvalue weighted by atomic mass is 10.3. The largest absolute Gasteiger partial charge is 0.370 e. The fourth-order valence-electron chi connectivity index (χ4n) is 0.489. The van der Waals surface area contributed by atoms with E-state index in [4.69, 9.17) is 46.4 Å². The molecule has 0 heterocycles. The first-order valence-corrected chi connectivity index (χ1v) is 5.23. The molecule has 3 nitrogen and oxygen atoms in total. The van der Waals surface area contributed by atoms with Crippen molar-refractivity contribution < 1.29 is 9.90 Å². The molecule has 2 N–H and O–H groups in total. The van der Waals surface area contributed by atoms with E-state index in [9.17, 15) is 9.90 Å². The maximum absolute atomic E-state index is 10.9. The van der Waals surface area contributed by atoms with Crippen molar-refractivity contribution in [3.63, 3.8) is 0 Å². The molecule has 0 radical (unpaired) electrons. The minimum absolute atomic E-state index is 0.0881. The Balaban J connectivity index is 3.99. The first-order chi connectivity index (χ1) is 5.94. The van der Waals surface area contributed by atoms with Gasteiger partial charge in [0.1, 0.15) is 0 Å². The standard InChI is InChI=1S/C6H9Cl4NO2/c7-2-1-4(12)11-5(13)6(9,10)3-8/h5,13H,1-3H2,(H,11,12). The lowest BCUT2D eigenvalue weighted by molar-refractivity contribution is -0.123. The molecular formula is C6H9Cl4NO2. The first kappa shape index (κ1) is 13.6. The van der Waals surface area contributed by atoms with Gasteiger partial charge in [0.2, 0.25) is 5.91 Å². The van der Waals surface area contributed by atoms with E-state index in [0.717, 1.165) is 0 Å². The average Bonchev–Trinajstić information content (AvgIpc) is 2.04. The lowest BCUT2D eigenvalue weighted by Crippen LogP contribution is -2.47. The highest BCUT2D eigenvalue weighted by atomic mass is 35.5. The molecule has 0 bridgehead atoms. The normalized spacial score (nSPS) is 13.9. The molecule has 0 aromatic rings. The number of rotatable bonds is 5. The van der Waals surface area contributed by atoms with Gasteiger partial charge in [0, 0.05) is 12.3 Å². The van der Waals surface area contributed by atoms with E-state index >= 15 is 0 Å². The number of aliphatic hydroxyl groups is 1. The summed E-state index contributed by atoms with van der Waals surface area (Å²) in [5.74, 6) is -0.464. The monoisotopic (exact) mass is 267 g/mol. The Bertz CT molecular complexity index is 176. The van der Waals surface area contributed by atoms with E-state index in [1.165, 1.54) is 0 Å². The summed E-state index contributed by atoms with van der Waals surface area (Å²) in [6.45, 7) is 0. The fourth-order valence-corrected chi connectivity index (χ4v) is 0.916. The van der Waals surface area contributed by atoms with Crippen LogP contribution in [0.2, 0.25) is 0 Å². The van der Waals surface area contributed by atoms with Gasteiger partial charge >= 0.3 is 0 Å². The molecule has 78 valence electrons. The van der Waals surface area contributed by atoms with Crippen LogP contribution in [0.3, 0.4) is 0 Å². The van der Waals surface area contributed by atoms with Crippen LogP contribution in [0.4, 0.5) is 0 Å². The molecule has 0 rings (SSSR count). The number of amides is 1. The zero-order valence-corrected chi connectivity index (χ0v) is 9.59. The SMILES string of the molecule is O=C(CCCl)NC(O)C(Cl)(Cl)CCl. The third kappa shape index (κ3) is 5.13. The molecule has 0 aliphatic carbocycles. The Morgan fingerprint density at radius 3 is 2.38 bits per heavy atom. The maximum Gasteiger partial charge on any atom is 0.223 e. The Kier molecular flexibility index (Phi) is 6.42. The van der Waals surface area contributed by atoms with Gasteiger partial charge in [-0.15, -0.1) is 23.2 Å². The van der Waals surface area contributed by atoms with Gasteiger partial charge in [-0.25, -0.2) is 0 Å². The van der Waals surface area contributed by atoms with E-state index in [1.54, 1.807) is 0 Å². The highest BCUT2D eigenvalue weighted by molar-refractivity contribution is 6.52. The first-order valence-electron chi connectivity index (χ1n) is 3.41. The molecule has 1 atom stereocenters. The van der Waals surface area contributed by atoms with Crippen LogP contribution < -0.4 is 5.32 Å². The Labute approximate surface area is 96.3 Å². The van der Waals surface area contributed by atoms with Crippen LogP contribution >= 0.6 is 46.4 Å². The summed E-state index contributed by atoms with van der Waals surface area (Å²) in [6, 6.07) is 0. The Morgan fingerprint density at radius 2 is 2.00 bits per heavy atom. The maximum atomic E-state index is 10.9. The van der Waals surface area contributed by atoms with Crippen molar-refractivity contribution in [3.05, 3.63) is 0 Å². The number of carbonyl (C=O) groups is 1. The van der Waals surface area contributed by atoms with Gasteiger partial charge in [-0.05, 0) is 0 Å². The molecule has 0 aliphatic rings. The summed E-state index contributed by atoms with van der Waals surface area (Å²) >= 11 is 21.7. The molecule has 0 aromatic heterocycles. The topological polar surface area (TPSA) is 49.3 Å². The summed E-state index contributed by atoms with van der Waals surface area (Å²) in [5.41, 5.74) is 0. The number of hydrogen-bond acceptors (Lipinski definition) is 2. The molecule has 0 fully saturated rings. The lowest BCUT2D eigenvalue weighted by Gasteiger charge is -2.23. The third-order valence-electron chi connectivity index (χ3n) is 1.20. The molecule has 0 aliphatic heterocycles. The van der Waals surface area contributed by atoms with Crippen LogP contribution in [0.15, 0.2) is 0 Å². The van der Waals surface area contributed by atoms with Gasteiger partial charge in [0.05, 0.1) is 5.88 Å². The fraction of sp³-hybridized carbons (Fsp3) is 0.833. The van der Waals surface area contributed by atoms with Gasteiger partial charge in [-0.3, -0.25) is 4.79 Å². The molecule has 0 saturated carbocycles. The average molecular weight is 269 g/mol. The van der Waals surface area contributed by atoms with Gasteiger partial charge in [0.15, 0.2) is 10.6 Å². The summed E-state index contributed by atoms with van der Waals surface area (Å²) in [6.07, 6.45) is -1.31. The zero-order chi connectivity index (χ0) is 10.5. The molecule has 0 aromatic carbocycles. The Morgan fingerprint density at radius 1 is 1.46 bits per heavy atom. The molecular weight excluding hydrogens is 260 g/mol. The Hall–Kier alpha value is 0.590. The van der Waals surface area contributed by atoms with E-state index in [0.29, 0.717) is 0 Å². The zero-order valence-electron chi connectivity index (χ0n) is 6.57. The summed E-state index contributed by atoms with van der Waals surface area (Å²) in [5, 5.41) is 11.4. The van der Waals surface area contributed by atoms with E-state index in [1.807, 2.05) is 0 Å². The number of nitrogens with one attached hydrogen (secondary N) is 1. The van der Waals surface area contributed by atoms with Crippen LogP contribution in [0.1, 0.15) is 6.42 Å². The summed E-state index contributed by atoms with van der Waals surface area (Å²) < 4.78 is -1.58. The van der Waals surface area contributed by atoms with Crippen molar-refractivity contribution in [1.82, 2.24) is 5.32 Å².